The van der Waals surface area contributed by atoms with E-state index in [1.165, 1.54) is 0 Å². The molecule has 0 atom stereocenters. The molecule has 0 unspecified atom stereocenters. The monoisotopic (exact) mass is 384 g/mol. The quantitative estimate of drug-likeness (QED) is 0.774. The minimum atomic E-state index is -3.61. The molecule has 0 spiro atoms. The van der Waals surface area contributed by atoms with Gasteiger partial charge in [0, 0.05) is 15.6 Å². The third kappa shape index (κ3) is 5.15. The van der Waals surface area contributed by atoms with Crippen LogP contribution in [0.25, 0.3) is 0 Å². The van der Waals surface area contributed by atoms with Gasteiger partial charge in [-0.1, -0.05) is 17.7 Å². The molecule has 5 nitrogen and oxygen atoms in total. The lowest BCUT2D eigenvalue weighted by Crippen LogP contribution is -2.37. The fourth-order valence-electron chi connectivity index (χ4n) is 2.04. The summed E-state index contributed by atoms with van der Waals surface area (Å²) < 4.78 is 25.1. The van der Waals surface area contributed by atoms with Crippen LogP contribution in [0.1, 0.15) is 0 Å². The summed E-state index contributed by atoms with van der Waals surface area (Å²) in [4.78, 5) is 13.3. The van der Waals surface area contributed by atoms with Gasteiger partial charge in [0.1, 0.15) is 6.54 Å². The average molecular weight is 385 g/mol. The van der Waals surface area contributed by atoms with E-state index in [0.29, 0.717) is 16.4 Å². The van der Waals surface area contributed by atoms with Crippen LogP contribution in [0.15, 0.2) is 53.4 Å². The number of rotatable bonds is 6. The lowest BCUT2D eigenvalue weighted by molar-refractivity contribution is -0.114. The Balaban J connectivity index is 2.17. The molecule has 1 amide bonds. The first-order chi connectivity index (χ1) is 11.3. The Morgan fingerprint density at radius 2 is 1.88 bits per heavy atom. The number of amides is 1. The normalized spacial score (nSPS) is 11.1. The zero-order valence-corrected chi connectivity index (χ0v) is 15.6. The van der Waals surface area contributed by atoms with Crippen LogP contribution < -0.4 is 9.62 Å². The van der Waals surface area contributed by atoms with E-state index in [9.17, 15) is 13.2 Å². The van der Waals surface area contributed by atoms with Crippen molar-refractivity contribution in [2.75, 3.05) is 28.7 Å². The van der Waals surface area contributed by atoms with Crippen LogP contribution in [-0.2, 0) is 14.8 Å². The smallest absolute Gasteiger partial charge is 0.245 e. The number of anilines is 2. The van der Waals surface area contributed by atoms with Crippen molar-refractivity contribution >= 4 is 50.7 Å². The van der Waals surface area contributed by atoms with Gasteiger partial charge < -0.3 is 5.32 Å². The molecule has 0 aliphatic rings. The van der Waals surface area contributed by atoms with Gasteiger partial charge in [0.15, 0.2) is 0 Å². The molecule has 128 valence electrons. The van der Waals surface area contributed by atoms with Gasteiger partial charge in [-0.2, -0.15) is 0 Å². The molecule has 0 heterocycles. The topological polar surface area (TPSA) is 66.5 Å². The second-order valence-electron chi connectivity index (χ2n) is 5.03. The summed E-state index contributed by atoms with van der Waals surface area (Å²) in [5, 5.41) is 3.21. The molecule has 1 N–H and O–H groups in total. The number of hydrogen-bond donors (Lipinski definition) is 1. The van der Waals surface area contributed by atoms with Crippen molar-refractivity contribution < 1.29 is 13.2 Å². The molecule has 2 rings (SSSR count). The van der Waals surface area contributed by atoms with Crippen molar-refractivity contribution in [1.82, 2.24) is 0 Å². The molecule has 0 aliphatic carbocycles. The number of nitrogens with one attached hydrogen (secondary N) is 1. The first kappa shape index (κ1) is 18.6. The second kappa shape index (κ2) is 7.92. The number of thioether (sulfide) groups is 1. The number of carbonyl (C=O) groups is 1. The van der Waals surface area contributed by atoms with Crippen LogP contribution in [0.4, 0.5) is 11.4 Å². The highest BCUT2D eigenvalue weighted by Gasteiger charge is 2.20. The highest BCUT2D eigenvalue weighted by Crippen LogP contribution is 2.21. The maximum Gasteiger partial charge on any atom is 0.245 e. The zero-order chi connectivity index (χ0) is 17.7. The summed E-state index contributed by atoms with van der Waals surface area (Å²) >= 11 is 7.38. The van der Waals surface area contributed by atoms with E-state index < -0.39 is 15.9 Å². The molecule has 0 saturated heterocycles. The molecule has 0 fully saturated rings. The van der Waals surface area contributed by atoms with Crippen molar-refractivity contribution in [3.63, 3.8) is 0 Å². The number of benzene rings is 2. The van der Waals surface area contributed by atoms with Crippen molar-refractivity contribution in [2.45, 2.75) is 4.90 Å². The van der Waals surface area contributed by atoms with Gasteiger partial charge in [0.25, 0.3) is 0 Å². The molecule has 0 radical (unpaired) electrons. The number of halogens is 1. The second-order valence-corrected chi connectivity index (χ2v) is 8.25. The van der Waals surface area contributed by atoms with E-state index >= 15 is 0 Å². The summed E-state index contributed by atoms with van der Waals surface area (Å²) in [5.41, 5.74) is 1.01. The Morgan fingerprint density at radius 3 is 2.46 bits per heavy atom. The molecule has 0 bridgehead atoms. The van der Waals surface area contributed by atoms with Crippen LogP contribution in [0.2, 0.25) is 5.02 Å². The molecule has 0 aliphatic heterocycles. The van der Waals surface area contributed by atoms with E-state index in [1.807, 2.05) is 24.5 Å². The Hall–Kier alpha value is -1.70. The maximum atomic E-state index is 12.3. The predicted octanol–water partition coefficient (Wildman–Crippen LogP) is 3.47. The van der Waals surface area contributed by atoms with Crippen LogP contribution in [-0.4, -0.2) is 33.4 Å². The molecule has 2 aromatic carbocycles. The number of nitrogens with zero attached hydrogens (tertiary/aromatic N) is 1. The van der Waals surface area contributed by atoms with Gasteiger partial charge in [-0.05, 0) is 48.7 Å². The standard InChI is InChI=1S/C16H17ClN2O3S2/c1-23-15-5-3-4-13(10-15)18-16(20)11-19(24(2,21)22)14-8-6-12(17)7-9-14/h3-10H,11H2,1-2H3,(H,18,20). The summed E-state index contributed by atoms with van der Waals surface area (Å²) in [6.45, 7) is -0.316. The number of carbonyl (C=O) groups excluding carboxylic acids is 1. The van der Waals surface area contributed by atoms with Gasteiger partial charge in [-0.3, -0.25) is 9.10 Å². The maximum absolute atomic E-state index is 12.3. The lowest BCUT2D eigenvalue weighted by Gasteiger charge is -2.22. The molecule has 0 aromatic heterocycles. The highest BCUT2D eigenvalue weighted by molar-refractivity contribution is 7.98. The Bertz CT molecular complexity index is 823. The molecule has 2 aromatic rings. The van der Waals surface area contributed by atoms with Crippen LogP contribution in [0.3, 0.4) is 0 Å². The van der Waals surface area contributed by atoms with Gasteiger partial charge in [0.2, 0.25) is 15.9 Å². The van der Waals surface area contributed by atoms with Crippen LogP contribution in [0, 0.1) is 0 Å². The molecule has 8 heteroatoms. The Kier molecular flexibility index (Phi) is 6.15. The van der Waals surface area contributed by atoms with E-state index in [2.05, 4.69) is 5.32 Å². The SMILES string of the molecule is CSc1cccc(NC(=O)CN(c2ccc(Cl)cc2)S(C)(=O)=O)c1. The minimum Gasteiger partial charge on any atom is -0.324 e. The van der Waals surface area contributed by atoms with E-state index in [1.54, 1.807) is 42.1 Å². The number of sulfonamides is 1. The first-order valence-electron chi connectivity index (χ1n) is 6.97. The Labute approximate surface area is 151 Å². The van der Waals surface area contributed by atoms with E-state index in [0.717, 1.165) is 15.5 Å². The van der Waals surface area contributed by atoms with Gasteiger partial charge in [-0.25, -0.2) is 8.42 Å². The van der Waals surface area contributed by atoms with Crippen molar-refractivity contribution in [1.29, 1.82) is 0 Å². The van der Waals surface area contributed by atoms with Crippen molar-refractivity contribution in [3.05, 3.63) is 53.6 Å². The van der Waals surface area contributed by atoms with Gasteiger partial charge in [-0.15, -0.1) is 11.8 Å². The first-order valence-corrected chi connectivity index (χ1v) is 10.4. The van der Waals surface area contributed by atoms with Crippen LogP contribution >= 0.6 is 23.4 Å². The third-order valence-electron chi connectivity index (χ3n) is 3.16. The molecular weight excluding hydrogens is 368 g/mol. The van der Waals surface area contributed by atoms with Crippen molar-refractivity contribution in [2.24, 2.45) is 0 Å². The van der Waals surface area contributed by atoms with Gasteiger partial charge in [0.05, 0.1) is 11.9 Å². The van der Waals surface area contributed by atoms with E-state index in [4.69, 9.17) is 11.6 Å². The lowest BCUT2D eigenvalue weighted by atomic mass is 10.3. The summed E-state index contributed by atoms with van der Waals surface area (Å²) in [5.74, 6) is -0.423. The molecular formula is C16H17ClN2O3S2. The Morgan fingerprint density at radius 1 is 1.21 bits per heavy atom. The average Bonchev–Trinajstić information content (AvgIpc) is 2.53. The summed E-state index contributed by atoms with van der Waals surface area (Å²) in [7, 11) is -3.61. The van der Waals surface area contributed by atoms with Crippen molar-refractivity contribution in [3.8, 4) is 0 Å². The fraction of sp³-hybridized carbons (Fsp3) is 0.188. The number of hydrogen-bond acceptors (Lipinski definition) is 4. The third-order valence-corrected chi connectivity index (χ3v) is 5.27. The predicted molar refractivity (Wildman–Crippen MR) is 100 cm³/mol. The largest absolute Gasteiger partial charge is 0.324 e. The fourth-order valence-corrected chi connectivity index (χ4v) is 3.48. The zero-order valence-electron chi connectivity index (χ0n) is 13.2. The highest BCUT2D eigenvalue weighted by atomic mass is 35.5. The summed E-state index contributed by atoms with van der Waals surface area (Å²) in [6, 6.07) is 13.6. The summed E-state index contributed by atoms with van der Waals surface area (Å²) in [6.07, 6.45) is 3.00. The van der Waals surface area contributed by atoms with Crippen LogP contribution in [0.5, 0.6) is 0 Å². The molecule has 0 saturated carbocycles. The molecule has 24 heavy (non-hydrogen) atoms. The minimum absolute atomic E-state index is 0.316. The van der Waals surface area contributed by atoms with Gasteiger partial charge >= 0.3 is 0 Å². The van der Waals surface area contributed by atoms with E-state index in [-0.39, 0.29) is 6.54 Å².